The summed E-state index contributed by atoms with van der Waals surface area (Å²) in [5.74, 6) is 0.321. The van der Waals surface area contributed by atoms with E-state index in [4.69, 9.17) is 0 Å². The number of rotatable bonds is 6. The molecule has 0 radical (unpaired) electrons. The SMILES string of the molecule is Oc1ccc(-c2cnccn2)cc1CNC1CCN(Cc2ccccc2)CC1. The zero-order valence-corrected chi connectivity index (χ0v) is 16.0. The fraction of sp³-hybridized carbons (Fsp3) is 0.304. The van der Waals surface area contributed by atoms with E-state index in [2.05, 4.69) is 50.5 Å². The molecule has 2 aromatic carbocycles. The van der Waals surface area contributed by atoms with Crippen molar-refractivity contribution >= 4 is 0 Å². The van der Waals surface area contributed by atoms with Gasteiger partial charge in [-0.15, -0.1) is 0 Å². The third kappa shape index (κ3) is 4.74. The largest absolute Gasteiger partial charge is 0.508 e. The number of hydrogen-bond donors (Lipinski definition) is 2. The summed E-state index contributed by atoms with van der Waals surface area (Å²) in [5, 5.41) is 13.9. The van der Waals surface area contributed by atoms with Crippen molar-refractivity contribution in [2.75, 3.05) is 13.1 Å². The van der Waals surface area contributed by atoms with Crippen molar-refractivity contribution in [2.24, 2.45) is 0 Å². The van der Waals surface area contributed by atoms with Crippen molar-refractivity contribution in [3.63, 3.8) is 0 Å². The summed E-state index contributed by atoms with van der Waals surface area (Å²) in [6.07, 6.45) is 7.33. The Morgan fingerprint density at radius 1 is 1.04 bits per heavy atom. The van der Waals surface area contributed by atoms with Crippen LogP contribution in [0.3, 0.4) is 0 Å². The summed E-state index contributed by atoms with van der Waals surface area (Å²) in [4.78, 5) is 11.0. The lowest BCUT2D eigenvalue weighted by Crippen LogP contribution is -2.41. The summed E-state index contributed by atoms with van der Waals surface area (Å²) >= 11 is 0. The van der Waals surface area contributed by atoms with Gasteiger partial charge in [-0.05, 0) is 49.7 Å². The number of piperidine rings is 1. The minimum atomic E-state index is 0.321. The minimum Gasteiger partial charge on any atom is -0.508 e. The van der Waals surface area contributed by atoms with Crippen LogP contribution < -0.4 is 5.32 Å². The number of likely N-dealkylation sites (tertiary alicyclic amines) is 1. The Hall–Kier alpha value is -2.76. The van der Waals surface area contributed by atoms with Crippen molar-refractivity contribution < 1.29 is 5.11 Å². The molecule has 2 heterocycles. The Balaban J connectivity index is 1.31. The molecule has 1 aliphatic heterocycles. The first-order valence-electron chi connectivity index (χ1n) is 9.86. The predicted molar refractivity (Wildman–Crippen MR) is 111 cm³/mol. The number of phenols is 1. The van der Waals surface area contributed by atoms with E-state index in [9.17, 15) is 5.11 Å². The van der Waals surface area contributed by atoms with Gasteiger partial charge in [0, 0.05) is 42.7 Å². The quantitative estimate of drug-likeness (QED) is 0.690. The third-order valence-electron chi connectivity index (χ3n) is 5.36. The zero-order valence-electron chi connectivity index (χ0n) is 16.0. The maximum absolute atomic E-state index is 10.2. The molecule has 0 amide bonds. The van der Waals surface area contributed by atoms with Gasteiger partial charge in [0.1, 0.15) is 5.75 Å². The van der Waals surface area contributed by atoms with E-state index < -0.39 is 0 Å². The monoisotopic (exact) mass is 374 g/mol. The first-order valence-corrected chi connectivity index (χ1v) is 9.86. The van der Waals surface area contributed by atoms with Gasteiger partial charge in [-0.2, -0.15) is 0 Å². The molecule has 1 aromatic heterocycles. The smallest absolute Gasteiger partial charge is 0.120 e. The van der Waals surface area contributed by atoms with E-state index in [0.717, 1.165) is 49.3 Å². The second-order valence-corrected chi connectivity index (χ2v) is 7.35. The van der Waals surface area contributed by atoms with Gasteiger partial charge in [0.2, 0.25) is 0 Å². The van der Waals surface area contributed by atoms with Gasteiger partial charge in [-0.25, -0.2) is 0 Å². The first kappa shape index (κ1) is 18.6. The van der Waals surface area contributed by atoms with Crippen LogP contribution in [0.4, 0.5) is 0 Å². The predicted octanol–water partition coefficient (Wildman–Crippen LogP) is 3.60. The Bertz CT molecular complexity index is 878. The number of aromatic hydroxyl groups is 1. The van der Waals surface area contributed by atoms with Gasteiger partial charge < -0.3 is 10.4 Å². The zero-order chi connectivity index (χ0) is 19.2. The van der Waals surface area contributed by atoms with Gasteiger partial charge >= 0.3 is 0 Å². The number of benzene rings is 2. The fourth-order valence-corrected chi connectivity index (χ4v) is 3.73. The molecule has 1 fully saturated rings. The molecular weight excluding hydrogens is 348 g/mol. The topological polar surface area (TPSA) is 61.3 Å². The number of hydrogen-bond acceptors (Lipinski definition) is 5. The van der Waals surface area contributed by atoms with Gasteiger partial charge in [0.05, 0.1) is 11.9 Å². The van der Waals surface area contributed by atoms with E-state index in [0.29, 0.717) is 18.3 Å². The molecule has 4 rings (SSSR count). The average Bonchev–Trinajstić information content (AvgIpc) is 2.75. The molecular formula is C23H26N4O. The van der Waals surface area contributed by atoms with Crippen LogP contribution in [0.1, 0.15) is 24.0 Å². The van der Waals surface area contributed by atoms with Crippen molar-refractivity contribution in [2.45, 2.75) is 32.0 Å². The number of nitrogens with zero attached hydrogens (tertiary/aromatic N) is 3. The highest BCUT2D eigenvalue weighted by Crippen LogP contribution is 2.25. The van der Waals surface area contributed by atoms with Crippen LogP contribution in [0.25, 0.3) is 11.3 Å². The highest BCUT2D eigenvalue weighted by Gasteiger charge is 2.19. The van der Waals surface area contributed by atoms with Crippen LogP contribution in [0.15, 0.2) is 67.1 Å². The Kier molecular flexibility index (Phi) is 5.95. The third-order valence-corrected chi connectivity index (χ3v) is 5.36. The van der Waals surface area contributed by atoms with E-state index in [1.165, 1.54) is 5.56 Å². The summed E-state index contributed by atoms with van der Waals surface area (Å²) in [7, 11) is 0. The number of nitrogens with one attached hydrogen (secondary N) is 1. The Labute approximate surface area is 166 Å². The minimum absolute atomic E-state index is 0.321. The summed E-state index contributed by atoms with van der Waals surface area (Å²) in [6.45, 7) is 3.87. The maximum Gasteiger partial charge on any atom is 0.120 e. The maximum atomic E-state index is 10.2. The first-order chi connectivity index (χ1) is 13.8. The lowest BCUT2D eigenvalue weighted by molar-refractivity contribution is 0.190. The number of phenolic OH excluding ortho intramolecular Hbond substituents is 1. The second kappa shape index (κ2) is 8.95. The second-order valence-electron chi connectivity index (χ2n) is 7.35. The molecule has 0 saturated carbocycles. The number of aromatic nitrogens is 2. The van der Waals surface area contributed by atoms with E-state index in [-0.39, 0.29) is 0 Å². The van der Waals surface area contributed by atoms with Crippen molar-refractivity contribution in [3.05, 3.63) is 78.2 Å². The van der Waals surface area contributed by atoms with Crippen LogP contribution in [0.2, 0.25) is 0 Å². The fourth-order valence-electron chi connectivity index (χ4n) is 3.73. The molecule has 5 nitrogen and oxygen atoms in total. The van der Waals surface area contributed by atoms with Crippen LogP contribution in [0.5, 0.6) is 5.75 Å². The highest BCUT2D eigenvalue weighted by molar-refractivity contribution is 5.60. The van der Waals surface area contributed by atoms with Gasteiger partial charge in [0.25, 0.3) is 0 Å². The van der Waals surface area contributed by atoms with Crippen molar-refractivity contribution in [1.82, 2.24) is 20.2 Å². The summed E-state index contributed by atoms with van der Waals surface area (Å²) < 4.78 is 0. The Morgan fingerprint density at radius 2 is 1.86 bits per heavy atom. The molecule has 2 N–H and O–H groups in total. The molecule has 3 aromatic rings. The molecule has 0 unspecified atom stereocenters. The van der Waals surface area contributed by atoms with Crippen molar-refractivity contribution in [3.8, 4) is 17.0 Å². The summed E-state index contributed by atoms with van der Waals surface area (Å²) in [5.41, 5.74) is 4.06. The van der Waals surface area contributed by atoms with Crippen LogP contribution in [-0.4, -0.2) is 39.1 Å². The molecule has 144 valence electrons. The van der Waals surface area contributed by atoms with Crippen LogP contribution in [-0.2, 0) is 13.1 Å². The van der Waals surface area contributed by atoms with E-state index in [1.54, 1.807) is 24.7 Å². The molecule has 0 atom stereocenters. The molecule has 5 heteroatoms. The normalized spacial score (nSPS) is 15.6. The van der Waals surface area contributed by atoms with Gasteiger partial charge in [0.15, 0.2) is 0 Å². The molecule has 1 saturated heterocycles. The van der Waals surface area contributed by atoms with Crippen molar-refractivity contribution in [1.29, 1.82) is 0 Å². The standard InChI is InChI=1S/C23H26N4O/c28-23-7-6-19(22-16-24-10-11-25-22)14-20(23)15-26-21-8-12-27(13-9-21)17-18-4-2-1-3-5-18/h1-7,10-11,14,16,21,26,28H,8-9,12-13,15,17H2. The molecule has 0 aliphatic carbocycles. The highest BCUT2D eigenvalue weighted by atomic mass is 16.3. The van der Waals surface area contributed by atoms with E-state index in [1.807, 2.05) is 12.1 Å². The van der Waals surface area contributed by atoms with Gasteiger partial charge in [-0.1, -0.05) is 30.3 Å². The Morgan fingerprint density at radius 3 is 2.61 bits per heavy atom. The van der Waals surface area contributed by atoms with Crippen LogP contribution in [0, 0.1) is 0 Å². The lowest BCUT2D eigenvalue weighted by Gasteiger charge is -2.32. The molecule has 0 bridgehead atoms. The lowest BCUT2D eigenvalue weighted by atomic mass is 10.0. The summed E-state index contributed by atoms with van der Waals surface area (Å²) in [6, 6.07) is 16.7. The molecule has 0 spiro atoms. The van der Waals surface area contributed by atoms with Crippen LogP contribution >= 0.6 is 0 Å². The van der Waals surface area contributed by atoms with Gasteiger partial charge in [-0.3, -0.25) is 14.9 Å². The van der Waals surface area contributed by atoms with E-state index >= 15 is 0 Å². The molecule has 1 aliphatic rings. The molecule has 28 heavy (non-hydrogen) atoms. The average molecular weight is 374 g/mol.